The quantitative estimate of drug-likeness (QED) is 0.432. The average Bonchev–Trinajstić information content (AvgIpc) is 3.12. The lowest BCUT2D eigenvalue weighted by Gasteiger charge is -2.19. The zero-order chi connectivity index (χ0) is 20.9. The Kier molecular flexibility index (Phi) is 4.56. The Balaban J connectivity index is 1.80. The minimum absolute atomic E-state index is 0.0427. The zero-order valence-corrected chi connectivity index (χ0v) is 16.9. The van der Waals surface area contributed by atoms with E-state index in [2.05, 4.69) is 41.4 Å². The van der Waals surface area contributed by atoms with E-state index in [0.29, 0.717) is 38.4 Å². The Bertz CT molecular complexity index is 1240. The molecule has 0 fully saturated rings. The molecule has 0 aliphatic rings. The van der Waals surface area contributed by atoms with Crippen molar-refractivity contribution < 1.29 is 13.2 Å². The van der Waals surface area contributed by atoms with Crippen LogP contribution in [0, 0.1) is 6.92 Å². The molecule has 0 bridgehead atoms. The van der Waals surface area contributed by atoms with Gasteiger partial charge >= 0.3 is 6.18 Å². The van der Waals surface area contributed by atoms with E-state index < -0.39 is 17.8 Å². The molecule has 0 amide bonds. The molecule has 3 N–H and O–H groups in total. The van der Waals surface area contributed by atoms with Gasteiger partial charge in [0, 0.05) is 5.69 Å². The van der Waals surface area contributed by atoms with Crippen molar-refractivity contribution in [3.8, 4) is 0 Å². The number of nitrogens with one attached hydrogen (secondary N) is 1. The molecule has 29 heavy (non-hydrogen) atoms. The number of rotatable bonds is 3. The number of anilines is 2. The first kappa shape index (κ1) is 19.4. The van der Waals surface area contributed by atoms with Crippen LogP contribution in [-0.4, -0.2) is 24.6 Å². The van der Waals surface area contributed by atoms with E-state index in [-0.39, 0.29) is 5.69 Å². The molecule has 7 nitrogen and oxygen atoms in total. The Hall–Kier alpha value is -2.95. The van der Waals surface area contributed by atoms with Crippen molar-refractivity contribution in [2.45, 2.75) is 26.1 Å². The monoisotopic (exact) mass is 465 g/mol. The van der Waals surface area contributed by atoms with Crippen LogP contribution in [-0.2, 0) is 6.18 Å². The highest BCUT2D eigenvalue weighted by molar-refractivity contribution is 9.10. The summed E-state index contributed by atoms with van der Waals surface area (Å²) in [7, 11) is 0. The fraction of sp³-hybridized carbons (Fsp3) is 0.222. The van der Waals surface area contributed by atoms with Gasteiger partial charge in [0.15, 0.2) is 11.3 Å². The molecule has 0 radical (unpaired) electrons. The second kappa shape index (κ2) is 6.83. The fourth-order valence-corrected chi connectivity index (χ4v) is 3.62. The summed E-state index contributed by atoms with van der Waals surface area (Å²) >= 11 is 3.45. The van der Waals surface area contributed by atoms with Crippen molar-refractivity contribution in [3.63, 3.8) is 0 Å². The van der Waals surface area contributed by atoms with Gasteiger partial charge in [-0.15, -0.1) is 10.2 Å². The van der Waals surface area contributed by atoms with Gasteiger partial charge in [0.25, 0.3) is 0 Å². The standard InChI is InChI=1S/C18H15BrF3N7/c1-8(10-3-11(18(20,21)22)5-12(23)4-10)25-15-13-6-14(19)17-28-24-7-29(17)16(13)27-9(2)26-15/h3-8H,23H2,1-2H3,(H,25,26,27)/t8-/m1/s1. The van der Waals surface area contributed by atoms with Crippen molar-refractivity contribution in [1.82, 2.24) is 24.6 Å². The maximum atomic E-state index is 13.1. The van der Waals surface area contributed by atoms with E-state index in [0.717, 1.165) is 12.1 Å². The molecule has 3 aromatic heterocycles. The molecule has 0 aliphatic carbocycles. The highest BCUT2D eigenvalue weighted by Crippen LogP contribution is 2.34. The average molecular weight is 466 g/mol. The largest absolute Gasteiger partial charge is 0.416 e. The van der Waals surface area contributed by atoms with Gasteiger partial charge in [-0.25, -0.2) is 9.97 Å². The first-order valence-corrected chi connectivity index (χ1v) is 9.33. The molecule has 3 heterocycles. The first-order chi connectivity index (χ1) is 13.6. The van der Waals surface area contributed by atoms with Gasteiger partial charge in [-0.3, -0.25) is 4.40 Å². The maximum absolute atomic E-state index is 13.1. The highest BCUT2D eigenvalue weighted by atomic mass is 79.9. The summed E-state index contributed by atoms with van der Waals surface area (Å²) in [5.41, 5.74) is 6.52. The number of nitrogen functional groups attached to an aromatic ring is 1. The lowest BCUT2D eigenvalue weighted by Crippen LogP contribution is -2.13. The van der Waals surface area contributed by atoms with Crippen LogP contribution in [0.25, 0.3) is 16.7 Å². The third-order valence-electron chi connectivity index (χ3n) is 4.46. The molecule has 1 aromatic carbocycles. The molecule has 150 valence electrons. The van der Waals surface area contributed by atoms with Crippen LogP contribution in [0.4, 0.5) is 24.7 Å². The minimum atomic E-state index is -4.48. The van der Waals surface area contributed by atoms with Crippen LogP contribution in [0.1, 0.15) is 29.9 Å². The zero-order valence-electron chi connectivity index (χ0n) is 15.3. The number of nitrogens with two attached hydrogens (primary N) is 1. The molecule has 0 spiro atoms. The van der Waals surface area contributed by atoms with Crippen molar-refractivity contribution >= 4 is 44.1 Å². The number of halogens is 4. The summed E-state index contributed by atoms with van der Waals surface area (Å²) in [6, 6.07) is 4.82. The smallest absolute Gasteiger partial charge is 0.399 e. The summed E-state index contributed by atoms with van der Waals surface area (Å²) in [6.07, 6.45) is -2.94. The van der Waals surface area contributed by atoms with Crippen LogP contribution in [0.5, 0.6) is 0 Å². The molecule has 4 rings (SSSR count). The predicted molar refractivity (Wildman–Crippen MR) is 106 cm³/mol. The Morgan fingerprint density at radius 2 is 1.90 bits per heavy atom. The number of aryl methyl sites for hydroxylation is 1. The van der Waals surface area contributed by atoms with E-state index in [9.17, 15) is 13.2 Å². The van der Waals surface area contributed by atoms with E-state index in [4.69, 9.17) is 5.73 Å². The number of hydrogen-bond donors (Lipinski definition) is 2. The molecule has 1 atom stereocenters. The molecule has 0 unspecified atom stereocenters. The fourth-order valence-electron chi connectivity index (χ4n) is 3.12. The van der Waals surface area contributed by atoms with Crippen molar-refractivity contribution in [1.29, 1.82) is 0 Å². The van der Waals surface area contributed by atoms with Gasteiger partial charge in [-0.05, 0) is 59.6 Å². The van der Waals surface area contributed by atoms with Crippen LogP contribution in [0.2, 0.25) is 0 Å². The van der Waals surface area contributed by atoms with Crippen molar-refractivity contribution in [2.24, 2.45) is 0 Å². The van der Waals surface area contributed by atoms with Gasteiger partial charge in [0.05, 0.1) is 21.5 Å². The topological polar surface area (TPSA) is 94.0 Å². The molecular weight excluding hydrogens is 451 g/mol. The molecule has 11 heteroatoms. The van der Waals surface area contributed by atoms with Crippen LogP contribution < -0.4 is 11.1 Å². The molecule has 4 aromatic rings. The Morgan fingerprint density at radius 3 is 2.62 bits per heavy atom. The normalized spacial score (nSPS) is 13.2. The molecule has 0 saturated carbocycles. The summed E-state index contributed by atoms with van der Waals surface area (Å²) in [5.74, 6) is 0.973. The van der Waals surface area contributed by atoms with E-state index in [1.165, 1.54) is 12.4 Å². The number of aromatic nitrogens is 5. The predicted octanol–water partition coefficient (Wildman–Crippen LogP) is 4.52. The SMILES string of the molecule is Cc1nc(N[C@H](C)c2cc(N)cc(C(F)(F)F)c2)c2cc(Br)c3nncn3c2n1. The van der Waals surface area contributed by atoms with Gasteiger partial charge in [0.2, 0.25) is 0 Å². The second-order valence-electron chi connectivity index (χ2n) is 6.63. The number of hydrogen-bond acceptors (Lipinski definition) is 6. The first-order valence-electron chi connectivity index (χ1n) is 8.54. The third-order valence-corrected chi connectivity index (χ3v) is 5.04. The van der Waals surface area contributed by atoms with E-state index in [1.807, 2.05) is 0 Å². The van der Waals surface area contributed by atoms with Gasteiger partial charge in [-0.1, -0.05) is 0 Å². The summed E-state index contributed by atoms with van der Waals surface area (Å²) in [4.78, 5) is 8.90. The summed E-state index contributed by atoms with van der Waals surface area (Å²) in [6.45, 7) is 3.47. The van der Waals surface area contributed by atoms with E-state index >= 15 is 0 Å². The minimum Gasteiger partial charge on any atom is -0.399 e. The van der Waals surface area contributed by atoms with Gasteiger partial charge in [0.1, 0.15) is 18.0 Å². The summed E-state index contributed by atoms with van der Waals surface area (Å²) < 4.78 is 41.8. The highest BCUT2D eigenvalue weighted by Gasteiger charge is 2.31. The van der Waals surface area contributed by atoms with Crippen LogP contribution in [0.15, 0.2) is 35.1 Å². The van der Waals surface area contributed by atoms with Gasteiger partial charge < -0.3 is 11.1 Å². The second-order valence-corrected chi connectivity index (χ2v) is 7.48. The summed E-state index contributed by atoms with van der Waals surface area (Å²) in [5, 5.41) is 11.8. The molecule has 0 saturated heterocycles. The van der Waals surface area contributed by atoms with Crippen molar-refractivity contribution in [2.75, 3.05) is 11.1 Å². The number of alkyl halides is 3. The maximum Gasteiger partial charge on any atom is 0.416 e. The number of fused-ring (bicyclic) bond motifs is 3. The van der Waals surface area contributed by atoms with Crippen LogP contribution in [0.3, 0.4) is 0 Å². The molecular formula is C18H15BrF3N7. The number of pyridine rings is 1. The van der Waals surface area contributed by atoms with Gasteiger partial charge in [-0.2, -0.15) is 13.2 Å². The Labute approximate surface area is 171 Å². The number of nitrogens with zero attached hydrogens (tertiary/aromatic N) is 5. The lowest BCUT2D eigenvalue weighted by atomic mass is 10.0. The van der Waals surface area contributed by atoms with Crippen LogP contribution >= 0.6 is 15.9 Å². The van der Waals surface area contributed by atoms with E-state index in [1.54, 1.807) is 24.3 Å². The van der Waals surface area contributed by atoms with Crippen molar-refractivity contribution in [3.05, 3.63) is 52.0 Å². The molecule has 0 aliphatic heterocycles. The lowest BCUT2D eigenvalue weighted by molar-refractivity contribution is -0.137. The third kappa shape index (κ3) is 3.57. The Morgan fingerprint density at radius 1 is 1.14 bits per heavy atom. The number of benzene rings is 1.